The number of fused-ring (bicyclic) bond motifs is 1. The average Bonchev–Trinajstić information content (AvgIpc) is 2.81. The quantitative estimate of drug-likeness (QED) is 0.778. The third kappa shape index (κ3) is 2.22. The number of hydrogen-bond acceptors (Lipinski definition) is 4. The van der Waals surface area contributed by atoms with E-state index in [1.54, 1.807) is 0 Å². The highest BCUT2D eigenvalue weighted by Crippen LogP contribution is 2.15. The third-order valence-corrected chi connectivity index (χ3v) is 2.89. The minimum atomic E-state index is 0.355. The second-order valence-electron chi connectivity index (χ2n) is 4.37. The molecule has 96 valence electrons. The van der Waals surface area contributed by atoms with E-state index in [-0.39, 0.29) is 0 Å². The first kappa shape index (κ1) is 11.5. The molecule has 1 aromatic carbocycles. The second kappa shape index (κ2) is 4.61. The molecule has 0 fully saturated rings. The van der Waals surface area contributed by atoms with Crippen LogP contribution in [-0.4, -0.2) is 14.6 Å². The van der Waals surface area contributed by atoms with Gasteiger partial charge in [0.25, 0.3) is 0 Å². The maximum absolute atomic E-state index is 5.84. The SMILES string of the molecule is Cc1cc(N)cn2c(COc3ccccc3)nnc12. The number of nitrogen functional groups attached to an aromatic ring is 1. The van der Waals surface area contributed by atoms with Gasteiger partial charge in [0.1, 0.15) is 12.4 Å². The molecule has 5 nitrogen and oxygen atoms in total. The van der Waals surface area contributed by atoms with Gasteiger partial charge in [-0.3, -0.25) is 4.40 Å². The Bertz CT molecular complexity index is 706. The lowest BCUT2D eigenvalue weighted by Gasteiger charge is -2.05. The van der Waals surface area contributed by atoms with Crippen LogP contribution in [0, 0.1) is 6.92 Å². The van der Waals surface area contributed by atoms with Gasteiger partial charge >= 0.3 is 0 Å². The molecule has 0 aliphatic rings. The molecule has 3 aromatic rings. The molecule has 19 heavy (non-hydrogen) atoms. The number of nitrogens with two attached hydrogens (primary N) is 1. The van der Waals surface area contributed by atoms with Gasteiger partial charge in [0.05, 0.1) is 0 Å². The van der Waals surface area contributed by atoms with Crippen molar-refractivity contribution in [1.82, 2.24) is 14.6 Å². The zero-order valence-corrected chi connectivity index (χ0v) is 10.6. The molecule has 2 aromatic heterocycles. The van der Waals surface area contributed by atoms with E-state index in [2.05, 4.69) is 10.2 Å². The minimum Gasteiger partial charge on any atom is -0.486 e. The molecule has 0 spiro atoms. The van der Waals surface area contributed by atoms with Gasteiger partial charge in [-0.05, 0) is 30.7 Å². The number of aryl methyl sites for hydroxylation is 1. The van der Waals surface area contributed by atoms with E-state index >= 15 is 0 Å². The molecule has 3 rings (SSSR count). The van der Waals surface area contributed by atoms with Crippen molar-refractivity contribution in [2.45, 2.75) is 13.5 Å². The van der Waals surface area contributed by atoms with Crippen LogP contribution in [0.5, 0.6) is 5.75 Å². The molecule has 0 saturated heterocycles. The van der Waals surface area contributed by atoms with E-state index in [4.69, 9.17) is 10.5 Å². The van der Waals surface area contributed by atoms with Crippen molar-refractivity contribution in [2.24, 2.45) is 0 Å². The number of nitrogens with zero attached hydrogens (tertiary/aromatic N) is 3. The Labute approximate surface area is 110 Å². The molecule has 0 saturated carbocycles. The molecule has 0 aliphatic heterocycles. The van der Waals surface area contributed by atoms with Gasteiger partial charge in [-0.2, -0.15) is 0 Å². The van der Waals surface area contributed by atoms with Crippen LogP contribution in [0.4, 0.5) is 5.69 Å². The van der Waals surface area contributed by atoms with Crippen LogP contribution in [-0.2, 0) is 6.61 Å². The monoisotopic (exact) mass is 254 g/mol. The van der Waals surface area contributed by atoms with Crippen LogP contribution >= 0.6 is 0 Å². The van der Waals surface area contributed by atoms with Crippen LogP contribution in [0.3, 0.4) is 0 Å². The Morgan fingerprint density at radius 3 is 2.79 bits per heavy atom. The number of ether oxygens (including phenoxy) is 1. The molecule has 2 heterocycles. The number of rotatable bonds is 3. The van der Waals surface area contributed by atoms with E-state index in [1.807, 2.05) is 53.9 Å². The lowest BCUT2D eigenvalue weighted by molar-refractivity contribution is 0.294. The molecule has 0 aliphatic carbocycles. The zero-order chi connectivity index (χ0) is 13.2. The maximum Gasteiger partial charge on any atom is 0.175 e. The van der Waals surface area contributed by atoms with E-state index in [0.717, 1.165) is 22.8 Å². The first-order chi connectivity index (χ1) is 9.24. The first-order valence-corrected chi connectivity index (χ1v) is 6.01. The first-order valence-electron chi connectivity index (χ1n) is 6.01. The van der Waals surface area contributed by atoms with Crippen molar-refractivity contribution >= 4 is 11.3 Å². The van der Waals surface area contributed by atoms with E-state index < -0.39 is 0 Å². The molecule has 0 bridgehead atoms. The van der Waals surface area contributed by atoms with Crippen molar-refractivity contribution in [3.63, 3.8) is 0 Å². The maximum atomic E-state index is 5.84. The second-order valence-corrected chi connectivity index (χ2v) is 4.37. The lowest BCUT2D eigenvalue weighted by atomic mass is 10.3. The Hall–Kier alpha value is -2.56. The number of aromatic nitrogens is 3. The minimum absolute atomic E-state index is 0.355. The van der Waals surface area contributed by atoms with Crippen LogP contribution < -0.4 is 10.5 Å². The summed E-state index contributed by atoms with van der Waals surface area (Å²) in [6, 6.07) is 11.5. The van der Waals surface area contributed by atoms with Crippen molar-refractivity contribution in [3.8, 4) is 5.75 Å². The summed E-state index contributed by atoms with van der Waals surface area (Å²) in [5.74, 6) is 1.54. The predicted octanol–water partition coefficient (Wildman–Crippen LogP) is 2.20. The van der Waals surface area contributed by atoms with E-state index in [1.165, 1.54) is 0 Å². The van der Waals surface area contributed by atoms with Crippen molar-refractivity contribution < 1.29 is 4.74 Å². The highest BCUT2D eigenvalue weighted by atomic mass is 16.5. The zero-order valence-electron chi connectivity index (χ0n) is 10.6. The molecular weight excluding hydrogens is 240 g/mol. The average molecular weight is 254 g/mol. The van der Waals surface area contributed by atoms with Gasteiger partial charge in [-0.1, -0.05) is 18.2 Å². The molecule has 5 heteroatoms. The third-order valence-electron chi connectivity index (χ3n) is 2.89. The molecule has 0 atom stereocenters. The summed E-state index contributed by atoms with van der Waals surface area (Å²) in [5, 5.41) is 8.29. The summed E-state index contributed by atoms with van der Waals surface area (Å²) in [4.78, 5) is 0. The van der Waals surface area contributed by atoms with Crippen LogP contribution in [0.1, 0.15) is 11.4 Å². The fourth-order valence-electron chi connectivity index (χ4n) is 1.99. The van der Waals surface area contributed by atoms with E-state index in [9.17, 15) is 0 Å². The van der Waals surface area contributed by atoms with Crippen molar-refractivity contribution in [1.29, 1.82) is 0 Å². The summed E-state index contributed by atoms with van der Waals surface area (Å²) >= 11 is 0. The summed E-state index contributed by atoms with van der Waals surface area (Å²) in [7, 11) is 0. The molecule has 0 radical (unpaired) electrons. The van der Waals surface area contributed by atoms with Gasteiger partial charge in [-0.25, -0.2) is 0 Å². The normalized spacial score (nSPS) is 10.8. The Morgan fingerprint density at radius 1 is 1.21 bits per heavy atom. The lowest BCUT2D eigenvalue weighted by Crippen LogP contribution is -2.02. The highest BCUT2D eigenvalue weighted by molar-refractivity contribution is 5.54. The van der Waals surface area contributed by atoms with Gasteiger partial charge in [0, 0.05) is 11.9 Å². The van der Waals surface area contributed by atoms with Crippen LogP contribution in [0.2, 0.25) is 0 Å². The number of anilines is 1. The molecular formula is C14H14N4O. The smallest absolute Gasteiger partial charge is 0.175 e. The van der Waals surface area contributed by atoms with Crippen molar-refractivity contribution in [2.75, 3.05) is 5.73 Å². The Morgan fingerprint density at radius 2 is 2.00 bits per heavy atom. The van der Waals surface area contributed by atoms with Crippen LogP contribution in [0.25, 0.3) is 5.65 Å². The fraction of sp³-hybridized carbons (Fsp3) is 0.143. The van der Waals surface area contributed by atoms with Crippen molar-refractivity contribution in [3.05, 3.63) is 54.0 Å². The van der Waals surface area contributed by atoms with Crippen LogP contribution in [0.15, 0.2) is 42.6 Å². The highest BCUT2D eigenvalue weighted by Gasteiger charge is 2.08. The summed E-state index contributed by atoms with van der Waals surface area (Å²) in [6.45, 7) is 2.32. The Balaban J connectivity index is 1.89. The number of para-hydroxylation sites is 1. The Kier molecular flexibility index (Phi) is 2.79. The largest absolute Gasteiger partial charge is 0.486 e. The fourth-order valence-corrected chi connectivity index (χ4v) is 1.99. The molecule has 2 N–H and O–H groups in total. The van der Waals surface area contributed by atoms with Gasteiger partial charge < -0.3 is 10.5 Å². The number of benzene rings is 1. The topological polar surface area (TPSA) is 65.4 Å². The van der Waals surface area contributed by atoms with Gasteiger partial charge in [0.2, 0.25) is 0 Å². The van der Waals surface area contributed by atoms with Gasteiger partial charge in [-0.15, -0.1) is 10.2 Å². The van der Waals surface area contributed by atoms with Gasteiger partial charge in [0.15, 0.2) is 11.5 Å². The van der Waals surface area contributed by atoms with E-state index in [0.29, 0.717) is 12.3 Å². The number of pyridine rings is 1. The summed E-state index contributed by atoms with van der Waals surface area (Å²) in [6.07, 6.45) is 1.81. The predicted molar refractivity (Wildman–Crippen MR) is 72.9 cm³/mol. The summed E-state index contributed by atoms with van der Waals surface area (Å²) in [5.41, 5.74) is 8.33. The standard InChI is InChI=1S/C14H14N4O/c1-10-7-11(15)8-18-13(16-17-14(10)18)9-19-12-5-3-2-4-6-12/h2-8H,9,15H2,1H3. The number of hydrogen-bond donors (Lipinski definition) is 1. The molecule has 0 amide bonds. The summed E-state index contributed by atoms with van der Waals surface area (Å²) < 4.78 is 7.54. The molecule has 0 unspecified atom stereocenters.